The van der Waals surface area contributed by atoms with E-state index in [0.717, 1.165) is 12.1 Å². The number of nitrogen functional groups attached to an aromatic ring is 1. The van der Waals surface area contributed by atoms with Crippen LogP contribution in [-0.4, -0.2) is 0 Å². The fraction of sp³-hybridized carbons (Fsp3) is 0.273. The molecule has 0 aromatic heterocycles. The van der Waals surface area contributed by atoms with Crippen molar-refractivity contribution >= 4 is 5.69 Å². The van der Waals surface area contributed by atoms with E-state index in [1.807, 2.05) is 0 Å². The molecule has 0 radical (unpaired) electrons. The van der Waals surface area contributed by atoms with Gasteiger partial charge in [0, 0.05) is 7.11 Å². The highest BCUT2D eigenvalue weighted by Crippen LogP contribution is 2.08. The molecule has 0 amide bonds. The maximum absolute atomic E-state index is 12.1. The van der Waals surface area contributed by atoms with Crippen LogP contribution in [0, 0.1) is 11.6 Å². The Balaban J connectivity index is -0.000000209. The van der Waals surface area contributed by atoms with E-state index < -0.39 is 11.6 Å². The Hall–Kier alpha value is -1.38. The van der Waals surface area contributed by atoms with Gasteiger partial charge in [0.15, 0.2) is 11.6 Å². The van der Waals surface area contributed by atoms with E-state index in [1.54, 1.807) is 0 Å². The predicted molar refractivity (Wildman–Crippen MR) is 60.1 cm³/mol. The largest absolute Gasteiger partial charge is 0.399 e. The van der Waals surface area contributed by atoms with Crippen LogP contribution in [-0.2, 0) is 0 Å². The molecule has 0 aliphatic rings. The van der Waals surface area contributed by atoms with Crippen LogP contribution in [0.1, 0.15) is 21.7 Å². The molecule has 1 aromatic rings. The van der Waals surface area contributed by atoms with Crippen LogP contribution in [0.25, 0.3) is 0 Å². The fourth-order valence-electron chi connectivity index (χ4n) is 0.512. The summed E-state index contributed by atoms with van der Waals surface area (Å²) in [6.07, 6.45) is 1.25. The minimum atomic E-state index is -0.907. The molecule has 0 aliphatic carbocycles. The molecule has 82 valence electrons. The molecule has 1 aromatic carbocycles. The zero-order valence-electron chi connectivity index (χ0n) is 8.69. The van der Waals surface area contributed by atoms with E-state index in [0.29, 0.717) is 0 Å². The van der Waals surface area contributed by atoms with Crippen molar-refractivity contribution in [3.05, 3.63) is 43.0 Å². The van der Waals surface area contributed by atoms with Crippen LogP contribution in [0.2, 0.25) is 0 Å². The van der Waals surface area contributed by atoms with Crippen LogP contribution in [0.15, 0.2) is 31.4 Å². The molecule has 1 nitrogen and oxygen atoms in total. The molecule has 0 fully saturated rings. The molecule has 0 saturated heterocycles. The molecule has 0 bridgehead atoms. The van der Waals surface area contributed by atoms with Gasteiger partial charge in [-0.05, 0) is 18.2 Å². The Morgan fingerprint density at radius 3 is 1.93 bits per heavy atom. The quantitative estimate of drug-likeness (QED) is 0.500. The number of hydrogen-bond acceptors (Lipinski definition) is 1. The average molecular weight is 203 g/mol. The van der Waals surface area contributed by atoms with Crippen molar-refractivity contribution in [2.45, 2.75) is 20.3 Å². The zero-order chi connectivity index (χ0) is 11.6. The van der Waals surface area contributed by atoms with E-state index >= 15 is 0 Å². The van der Waals surface area contributed by atoms with Crippen molar-refractivity contribution in [2.75, 3.05) is 5.73 Å². The zero-order valence-corrected chi connectivity index (χ0v) is 8.69. The van der Waals surface area contributed by atoms with Gasteiger partial charge in [0.1, 0.15) is 0 Å². The van der Waals surface area contributed by atoms with E-state index in [1.165, 1.54) is 12.5 Å². The first kappa shape index (κ1) is 15.1. The van der Waals surface area contributed by atoms with E-state index in [4.69, 9.17) is 5.73 Å². The molecule has 0 atom stereocenters. The number of benzene rings is 1. The van der Waals surface area contributed by atoms with Gasteiger partial charge in [-0.25, -0.2) is 8.78 Å². The molecule has 14 heavy (non-hydrogen) atoms. The van der Waals surface area contributed by atoms with Gasteiger partial charge in [0.05, 0.1) is 0 Å². The Morgan fingerprint density at radius 2 is 1.64 bits per heavy atom. The lowest BCUT2D eigenvalue weighted by Crippen LogP contribution is -1.88. The molecule has 0 spiro atoms. The van der Waals surface area contributed by atoms with E-state index in [2.05, 4.69) is 27.0 Å². The molecule has 0 aliphatic heterocycles. The summed E-state index contributed by atoms with van der Waals surface area (Å²) in [5, 5.41) is 0. The second-order valence-corrected chi connectivity index (χ2v) is 2.38. The van der Waals surface area contributed by atoms with Gasteiger partial charge < -0.3 is 5.73 Å². The smallest absolute Gasteiger partial charge is 0.160 e. The van der Waals surface area contributed by atoms with E-state index in [-0.39, 0.29) is 7.11 Å². The van der Waals surface area contributed by atoms with Crippen molar-refractivity contribution in [1.29, 1.82) is 0 Å². The molecule has 3 heteroatoms. The van der Waals surface area contributed by atoms with Crippen LogP contribution in [0.5, 0.6) is 0 Å². The summed E-state index contributed by atoms with van der Waals surface area (Å²) in [5.41, 5.74) is 5.35. The minimum absolute atomic E-state index is 0. The topological polar surface area (TPSA) is 26.0 Å². The Labute approximate surface area is 85.7 Å². The number of rotatable bonds is 0. The summed E-state index contributed by atoms with van der Waals surface area (Å²) in [6.45, 7) is 10.2. The first-order valence-electron chi connectivity index (χ1n) is 4.32. The maximum Gasteiger partial charge on any atom is 0.160 e. The molecule has 1 rings (SSSR count). The minimum Gasteiger partial charge on any atom is -0.399 e. The Morgan fingerprint density at radius 1 is 1.21 bits per heavy atom. The summed E-state index contributed by atoms with van der Waals surface area (Å²) in [5.74, 6) is -1.78. The van der Waals surface area contributed by atoms with Gasteiger partial charge in [-0.3, -0.25) is 0 Å². The fourth-order valence-corrected chi connectivity index (χ4v) is 0.512. The lowest BCUT2D eigenvalue weighted by Gasteiger charge is -1.91. The van der Waals surface area contributed by atoms with E-state index in [9.17, 15) is 8.78 Å². The second kappa shape index (κ2) is 9.71. The monoisotopic (exact) mass is 203 g/mol. The third kappa shape index (κ3) is 7.28. The SMILES string of the molecule is C=C.CCC.Nc1ccc(F)c(F)c1.[HH]. The number of hydrogen-bond donors (Lipinski definition) is 1. The summed E-state index contributed by atoms with van der Waals surface area (Å²) >= 11 is 0. The van der Waals surface area contributed by atoms with Crippen molar-refractivity contribution in [3.63, 3.8) is 0 Å². The van der Waals surface area contributed by atoms with Crippen molar-refractivity contribution in [3.8, 4) is 0 Å². The number of nitrogens with two attached hydrogens (primary N) is 1. The van der Waals surface area contributed by atoms with Gasteiger partial charge in [-0.1, -0.05) is 20.3 Å². The summed E-state index contributed by atoms with van der Waals surface area (Å²) in [7, 11) is 0. The van der Waals surface area contributed by atoms with Crippen molar-refractivity contribution in [1.82, 2.24) is 0 Å². The highest BCUT2D eigenvalue weighted by molar-refractivity contribution is 5.37. The van der Waals surface area contributed by atoms with Crippen LogP contribution in [0.4, 0.5) is 14.5 Å². The van der Waals surface area contributed by atoms with Crippen molar-refractivity contribution in [2.24, 2.45) is 0 Å². The number of halogens is 2. The normalized spacial score (nSPS) is 7.71. The van der Waals surface area contributed by atoms with Gasteiger partial charge in [0.2, 0.25) is 0 Å². The second-order valence-electron chi connectivity index (χ2n) is 2.38. The molecule has 0 saturated carbocycles. The van der Waals surface area contributed by atoms with Gasteiger partial charge >= 0.3 is 0 Å². The van der Waals surface area contributed by atoms with Gasteiger partial charge in [0.25, 0.3) is 0 Å². The lowest BCUT2D eigenvalue weighted by molar-refractivity contribution is 0.509. The first-order valence-corrected chi connectivity index (χ1v) is 4.32. The molecular formula is C11H19F2N. The molecule has 0 unspecified atom stereocenters. The highest BCUT2D eigenvalue weighted by atomic mass is 19.2. The van der Waals surface area contributed by atoms with Gasteiger partial charge in [-0.2, -0.15) is 0 Å². The predicted octanol–water partition coefficient (Wildman–Crippen LogP) is 4.01. The Bertz CT molecular complexity index is 254. The van der Waals surface area contributed by atoms with Crippen molar-refractivity contribution < 1.29 is 10.2 Å². The molecule has 2 N–H and O–H groups in total. The standard InChI is InChI=1S/C6H5F2N.C3H8.C2H4.H2/c7-5-2-1-4(9)3-6(5)8;1-3-2;1-2;/h1-3H,9H2;3H2,1-2H3;1-2H2;1H. The van der Waals surface area contributed by atoms with Crippen LogP contribution in [0.3, 0.4) is 0 Å². The number of anilines is 1. The van der Waals surface area contributed by atoms with Gasteiger partial charge in [-0.15, -0.1) is 13.2 Å². The molecular weight excluding hydrogens is 184 g/mol. The lowest BCUT2D eigenvalue weighted by atomic mass is 10.3. The molecule has 0 heterocycles. The average Bonchev–Trinajstić information content (AvgIpc) is 2.17. The summed E-state index contributed by atoms with van der Waals surface area (Å²) < 4.78 is 24.2. The third-order valence-corrected chi connectivity index (χ3v) is 0.944. The van der Waals surface area contributed by atoms with Crippen LogP contribution < -0.4 is 5.73 Å². The third-order valence-electron chi connectivity index (χ3n) is 0.944. The summed E-state index contributed by atoms with van der Waals surface area (Å²) in [6, 6.07) is 3.23. The maximum atomic E-state index is 12.1. The van der Waals surface area contributed by atoms with Crippen LogP contribution >= 0.6 is 0 Å². The highest BCUT2D eigenvalue weighted by Gasteiger charge is 1.97. The summed E-state index contributed by atoms with van der Waals surface area (Å²) in [4.78, 5) is 0. The first-order chi connectivity index (χ1) is 6.61. The Kier molecular flexibility index (Phi) is 10.5.